The van der Waals surface area contributed by atoms with E-state index in [2.05, 4.69) is 79.7 Å². The Morgan fingerprint density at radius 3 is 2.52 bits per heavy atom. The fourth-order valence-corrected chi connectivity index (χ4v) is 11.7. The summed E-state index contributed by atoms with van der Waals surface area (Å²) < 4.78 is 1.71. The van der Waals surface area contributed by atoms with E-state index in [0.29, 0.717) is 0 Å². The van der Waals surface area contributed by atoms with Crippen LogP contribution < -0.4 is 30.1 Å². The molecular weight excluding hydrogens is 493 g/mol. The molecule has 4 heteroatoms. The van der Waals surface area contributed by atoms with Crippen LogP contribution in [0.5, 0.6) is 0 Å². The molecule has 4 unspecified atom stereocenters. The van der Waals surface area contributed by atoms with Crippen LogP contribution in [-0.2, 0) is 23.2 Å². The number of allylic oxidation sites excluding steroid dienone is 5. The van der Waals surface area contributed by atoms with Gasteiger partial charge < -0.3 is 24.8 Å². The minimum absolute atomic E-state index is 0. The molecule has 0 amide bonds. The topological polar surface area (TPSA) is 0 Å². The van der Waals surface area contributed by atoms with Crippen LogP contribution in [0.4, 0.5) is 0 Å². The summed E-state index contributed by atoms with van der Waals surface area (Å²) in [5, 5.41) is 3.10. The maximum atomic E-state index is 2.47. The Morgan fingerprint density at radius 2 is 1.69 bits per heavy atom. The van der Waals surface area contributed by atoms with Gasteiger partial charge in [0, 0.05) is 0 Å². The van der Waals surface area contributed by atoms with Crippen LogP contribution >= 0.6 is 8.58 Å². The van der Waals surface area contributed by atoms with Crippen LogP contribution in [0.3, 0.4) is 0 Å². The van der Waals surface area contributed by atoms with Crippen molar-refractivity contribution in [2.75, 3.05) is 0 Å². The molecule has 1 fully saturated rings. The molecule has 148 valence electrons. The molecule has 0 heterocycles. The van der Waals surface area contributed by atoms with Crippen molar-refractivity contribution in [2.45, 2.75) is 33.4 Å². The van der Waals surface area contributed by atoms with Gasteiger partial charge in [-0.1, -0.05) is 0 Å². The Bertz CT molecular complexity index is 948. The second kappa shape index (κ2) is 10.2. The Kier molecular flexibility index (Phi) is 8.20. The van der Waals surface area contributed by atoms with Gasteiger partial charge in [0.05, 0.1) is 0 Å². The Balaban J connectivity index is 0.00000120. The number of halogens is 2. The molecule has 4 atom stereocenters. The van der Waals surface area contributed by atoms with E-state index in [1.807, 2.05) is 5.57 Å². The third kappa shape index (κ3) is 4.60. The zero-order valence-corrected chi connectivity index (χ0v) is 21.5. The summed E-state index contributed by atoms with van der Waals surface area (Å²) in [5.74, 6) is 0.868. The van der Waals surface area contributed by atoms with E-state index < -0.39 is 23.2 Å². The van der Waals surface area contributed by atoms with Crippen LogP contribution in [0.1, 0.15) is 40.9 Å². The Morgan fingerprint density at radius 1 is 0.931 bits per heavy atom. The summed E-state index contributed by atoms with van der Waals surface area (Å²) >= 11 is -0.576. The zero-order chi connectivity index (χ0) is 18.2. The van der Waals surface area contributed by atoms with E-state index in [1.165, 1.54) is 24.6 Å². The van der Waals surface area contributed by atoms with Gasteiger partial charge in [0.2, 0.25) is 0 Å². The minimum atomic E-state index is -0.576. The van der Waals surface area contributed by atoms with Gasteiger partial charge in [-0.2, -0.15) is 0 Å². The van der Waals surface area contributed by atoms with Crippen molar-refractivity contribution in [3.05, 3.63) is 95.1 Å². The third-order valence-corrected chi connectivity index (χ3v) is 13.0. The molecule has 0 N–H and O–H groups in total. The van der Waals surface area contributed by atoms with Gasteiger partial charge in [-0.15, -0.1) is 0 Å². The van der Waals surface area contributed by atoms with Gasteiger partial charge in [0.15, 0.2) is 0 Å². The molecule has 3 aliphatic rings. The maximum absolute atomic E-state index is 2.47. The molecule has 0 spiro atoms. The van der Waals surface area contributed by atoms with Crippen molar-refractivity contribution >= 4 is 19.2 Å². The third-order valence-electron chi connectivity index (χ3n) is 6.30. The second-order valence-corrected chi connectivity index (χ2v) is 13.2. The average molecular weight is 519 g/mol. The molecule has 0 aliphatic heterocycles. The van der Waals surface area contributed by atoms with Crippen molar-refractivity contribution in [2.24, 2.45) is 5.92 Å². The van der Waals surface area contributed by atoms with Gasteiger partial charge in [-0.05, 0) is 0 Å². The summed E-state index contributed by atoms with van der Waals surface area (Å²) in [6.07, 6.45) is 11.3. The molecule has 2 aromatic carbocycles. The summed E-state index contributed by atoms with van der Waals surface area (Å²) in [4.78, 5) is 0. The summed E-state index contributed by atoms with van der Waals surface area (Å²) in [6, 6.07) is 20.3. The monoisotopic (exact) mass is 516 g/mol. The van der Waals surface area contributed by atoms with Crippen LogP contribution in [0, 0.1) is 5.92 Å². The standard InChI is InChI=1S/C16H14P.C9H11.2ClH.Zr/c1-12-11-13-7-5-6-10-15(13)16(12)17-14-8-3-2-4-9-14;1-2-5-9-7-3-6-8(9)4-1;;;/h2-11,17H,1H3;1-2,4,6,9H,3,5,7H2;2*1H;/q;;;;+2/p-2. The summed E-state index contributed by atoms with van der Waals surface area (Å²) in [5.41, 5.74) is 6.71. The predicted octanol–water partition coefficient (Wildman–Crippen LogP) is 0.652. The molecule has 29 heavy (non-hydrogen) atoms. The quantitative estimate of drug-likeness (QED) is 0.522. The zero-order valence-electron chi connectivity index (χ0n) is 16.5. The Labute approximate surface area is 200 Å². The van der Waals surface area contributed by atoms with E-state index in [4.69, 9.17) is 0 Å². The molecule has 0 saturated heterocycles. The van der Waals surface area contributed by atoms with E-state index in [9.17, 15) is 0 Å². The van der Waals surface area contributed by atoms with Gasteiger partial charge in [0.1, 0.15) is 0 Å². The van der Waals surface area contributed by atoms with E-state index in [-0.39, 0.29) is 24.8 Å². The smallest absolute Gasteiger partial charge is 1.00 e. The number of hydrogen-bond acceptors (Lipinski definition) is 0. The molecule has 0 nitrogen and oxygen atoms in total. The van der Waals surface area contributed by atoms with Crippen molar-refractivity contribution in [1.82, 2.24) is 0 Å². The summed E-state index contributed by atoms with van der Waals surface area (Å²) in [7, 11) is 0.786. The number of fused-ring (bicyclic) bond motifs is 2. The van der Waals surface area contributed by atoms with Crippen LogP contribution in [0.25, 0.3) is 5.31 Å². The van der Waals surface area contributed by atoms with Gasteiger partial charge >= 0.3 is 177 Å². The van der Waals surface area contributed by atoms with Crippen molar-refractivity contribution in [3.63, 3.8) is 0 Å². The van der Waals surface area contributed by atoms with Crippen LogP contribution in [0.15, 0.2) is 84.0 Å². The van der Waals surface area contributed by atoms with Crippen LogP contribution in [-0.4, -0.2) is 0 Å². The fraction of sp³-hybridized carbons (Fsp3) is 0.280. The first kappa shape index (κ1) is 23.2. The molecule has 0 aromatic heterocycles. The largest absolute Gasteiger partial charge is 1.00 e. The van der Waals surface area contributed by atoms with Crippen molar-refractivity contribution in [1.29, 1.82) is 0 Å². The SMILES string of the molecule is CC1=C(Pc2ccccc2)c2ccccc2[CH]1[Zr+2][CH]1CCC2CC=CC=C21.[Cl-].[Cl-]. The average Bonchev–Trinajstić information content (AvgIpc) is 3.24. The van der Waals surface area contributed by atoms with Crippen molar-refractivity contribution in [3.8, 4) is 0 Å². The predicted molar refractivity (Wildman–Crippen MR) is 114 cm³/mol. The first-order valence-electron chi connectivity index (χ1n) is 10.1. The molecule has 2 aromatic rings. The van der Waals surface area contributed by atoms with Gasteiger partial charge in [0.25, 0.3) is 0 Å². The summed E-state index contributed by atoms with van der Waals surface area (Å²) in [6.45, 7) is 2.44. The normalized spacial score (nSPS) is 24.4. The molecule has 0 bridgehead atoms. The second-order valence-electron chi connectivity index (χ2n) is 7.89. The first-order valence-corrected chi connectivity index (χ1v) is 13.9. The fourth-order valence-electron chi connectivity index (χ4n) is 4.91. The molecule has 5 rings (SSSR count). The minimum Gasteiger partial charge on any atom is -1.00 e. The molecule has 1 saturated carbocycles. The van der Waals surface area contributed by atoms with Crippen molar-refractivity contribution < 1.29 is 48.0 Å². The van der Waals surface area contributed by atoms with Gasteiger partial charge in [-0.25, -0.2) is 0 Å². The first-order chi connectivity index (χ1) is 13.3. The molecule has 0 radical (unpaired) electrons. The van der Waals surface area contributed by atoms with Gasteiger partial charge in [-0.3, -0.25) is 0 Å². The Hall–Kier alpha value is -0.447. The number of hydrogen-bond donors (Lipinski definition) is 0. The maximum Gasteiger partial charge on any atom is -1.00 e. The number of rotatable bonds is 4. The van der Waals surface area contributed by atoms with E-state index in [0.717, 1.165) is 21.8 Å². The van der Waals surface area contributed by atoms with E-state index >= 15 is 0 Å². The molecule has 3 aliphatic carbocycles. The number of benzene rings is 2. The van der Waals surface area contributed by atoms with Crippen LogP contribution in [0.2, 0.25) is 3.63 Å². The molecular formula is C25H25Cl2PZr. The van der Waals surface area contributed by atoms with E-state index in [1.54, 1.807) is 22.0 Å².